The van der Waals surface area contributed by atoms with E-state index in [1.165, 1.54) is 44.5 Å². The van der Waals surface area contributed by atoms with Crippen molar-refractivity contribution in [3.8, 4) is 0 Å². The summed E-state index contributed by atoms with van der Waals surface area (Å²) in [5.41, 5.74) is 1.29. The molecule has 3 heteroatoms. The molecule has 1 aliphatic heterocycles. The molecule has 1 fully saturated rings. The van der Waals surface area contributed by atoms with Crippen molar-refractivity contribution < 1.29 is 0 Å². The van der Waals surface area contributed by atoms with Gasteiger partial charge in [0.2, 0.25) is 0 Å². The van der Waals surface area contributed by atoms with Crippen molar-refractivity contribution >= 4 is 33.2 Å². The van der Waals surface area contributed by atoms with Crippen LogP contribution in [0.5, 0.6) is 0 Å². The Morgan fingerprint density at radius 3 is 2.33 bits per heavy atom. The van der Waals surface area contributed by atoms with E-state index in [0.717, 1.165) is 9.50 Å². The van der Waals surface area contributed by atoms with Crippen molar-refractivity contribution in [1.29, 1.82) is 0 Å². The molecule has 1 nitrogen and oxygen atoms in total. The normalized spacial score (nSPS) is 17.6. The first kappa shape index (κ1) is 11.3. The predicted molar refractivity (Wildman–Crippen MR) is 69.8 cm³/mol. The highest BCUT2D eigenvalue weighted by Gasteiger charge is 2.10. The predicted octanol–water partition coefficient (Wildman–Crippen LogP) is 4.48. The Balaban J connectivity index is 2.16. The summed E-state index contributed by atoms with van der Waals surface area (Å²) >= 11 is 9.46. The summed E-state index contributed by atoms with van der Waals surface area (Å²) in [5, 5.41) is 0.786. The Morgan fingerprint density at radius 2 is 1.73 bits per heavy atom. The lowest BCUT2D eigenvalue weighted by Gasteiger charge is -2.22. The van der Waals surface area contributed by atoms with Crippen molar-refractivity contribution in [2.45, 2.75) is 25.7 Å². The summed E-state index contributed by atoms with van der Waals surface area (Å²) in [5.74, 6) is 0. The van der Waals surface area contributed by atoms with Crippen LogP contribution in [0.15, 0.2) is 22.7 Å². The second-order valence-electron chi connectivity index (χ2n) is 4.00. The number of rotatable bonds is 1. The highest BCUT2D eigenvalue weighted by Crippen LogP contribution is 2.28. The molecular formula is C12H15BrClN. The number of benzene rings is 1. The quantitative estimate of drug-likeness (QED) is 0.736. The van der Waals surface area contributed by atoms with Gasteiger partial charge in [0.25, 0.3) is 0 Å². The molecule has 1 aliphatic rings. The van der Waals surface area contributed by atoms with Crippen LogP contribution in [0.1, 0.15) is 25.7 Å². The highest BCUT2D eigenvalue weighted by molar-refractivity contribution is 9.10. The molecule has 1 saturated heterocycles. The number of halogens is 2. The van der Waals surface area contributed by atoms with Crippen LogP contribution in [0.3, 0.4) is 0 Å². The van der Waals surface area contributed by atoms with E-state index in [1.807, 2.05) is 6.07 Å². The standard InChI is InChI=1S/C12H15BrClN/c13-11-9-10(5-6-12(11)14)15-7-3-1-2-4-8-15/h5-6,9H,1-4,7-8H2. The lowest BCUT2D eigenvalue weighted by atomic mass is 10.2. The van der Waals surface area contributed by atoms with Crippen LogP contribution in [0.25, 0.3) is 0 Å². The van der Waals surface area contributed by atoms with Crippen molar-refractivity contribution in [2.24, 2.45) is 0 Å². The van der Waals surface area contributed by atoms with E-state index in [9.17, 15) is 0 Å². The third kappa shape index (κ3) is 2.88. The average Bonchev–Trinajstić information content (AvgIpc) is 2.50. The molecule has 0 bridgehead atoms. The summed E-state index contributed by atoms with van der Waals surface area (Å²) < 4.78 is 0.992. The molecule has 0 radical (unpaired) electrons. The molecule has 0 unspecified atom stereocenters. The van der Waals surface area contributed by atoms with Crippen molar-refractivity contribution in [3.05, 3.63) is 27.7 Å². The monoisotopic (exact) mass is 287 g/mol. The zero-order chi connectivity index (χ0) is 10.7. The number of anilines is 1. The SMILES string of the molecule is Clc1ccc(N2CCCCCC2)cc1Br. The summed E-state index contributed by atoms with van der Waals surface area (Å²) in [4.78, 5) is 2.45. The fourth-order valence-corrected chi connectivity index (χ4v) is 2.49. The third-order valence-electron chi connectivity index (χ3n) is 2.87. The fourth-order valence-electron chi connectivity index (χ4n) is 2.01. The summed E-state index contributed by atoms with van der Waals surface area (Å²) in [6, 6.07) is 6.19. The second-order valence-corrected chi connectivity index (χ2v) is 5.26. The van der Waals surface area contributed by atoms with Gasteiger partial charge in [-0.05, 0) is 47.0 Å². The van der Waals surface area contributed by atoms with E-state index >= 15 is 0 Å². The van der Waals surface area contributed by atoms with Gasteiger partial charge in [0.1, 0.15) is 0 Å². The lowest BCUT2D eigenvalue weighted by molar-refractivity contribution is 0.726. The van der Waals surface area contributed by atoms with Crippen molar-refractivity contribution in [1.82, 2.24) is 0 Å². The Bertz CT molecular complexity index is 332. The first-order valence-corrected chi connectivity index (χ1v) is 6.64. The van der Waals surface area contributed by atoms with Gasteiger partial charge in [0.05, 0.1) is 5.02 Å². The maximum atomic E-state index is 5.99. The Hall–Kier alpha value is -0.210. The molecule has 0 amide bonds. The van der Waals surface area contributed by atoms with Crippen molar-refractivity contribution in [2.75, 3.05) is 18.0 Å². The van der Waals surface area contributed by atoms with Crippen LogP contribution in [-0.2, 0) is 0 Å². The summed E-state index contributed by atoms with van der Waals surface area (Å²) in [6.45, 7) is 2.35. The Morgan fingerprint density at radius 1 is 1.07 bits per heavy atom. The topological polar surface area (TPSA) is 3.24 Å². The van der Waals surface area contributed by atoms with Gasteiger partial charge >= 0.3 is 0 Å². The number of nitrogens with zero attached hydrogens (tertiary/aromatic N) is 1. The van der Waals surface area contributed by atoms with Gasteiger partial charge in [0, 0.05) is 23.2 Å². The van der Waals surface area contributed by atoms with Crippen LogP contribution in [0, 0.1) is 0 Å². The highest BCUT2D eigenvalue weighted by atomic mass is 79.9. The van der Waals surface area contributed by atoms with E-state index in [-0.39, 0.29) is 0 Å². The molecule has 0 aliphatic carbocycles. The largest absolute Gasteiger partial charge is 0.372 e. The second kappa shape index (κ2) is 5.22. The Labute approximate surface area is 105 Å². The summed E-state index contributed by atoms with van der Waals surface area (Å²) in [7, 11) is 0. The zero-order valence-electron chi connectivity index (χ0n) is 8.68. The van der Waals surface area contributed by atoms with Gasteiger partial charge in [-0.15, -0.1) is 0 Å². The van der Waals surface area contributed by atoms with E-state index in [4.69, 9.17) is 11.6 Å². The minimum absolute atomic E-state index is 0.786. The molecule has 0 spiro atoms. The van der Waals surface area contributed by atoms with Crippen LogP contribution in [-0.4, -0.2) is 13.1 Å². The Kier molecular flexibility index (Phi) is 3.92. The van der Waals surface area contributed by atoms with Gasteiger partial charge in [0.15, 0.2) is 0 Å². The maximum Gasteiger partial charge on any atom is 0.0549 e. The molecule has 0 atom stereocenters. The molecule has 1 aromatic carbocycles. The fraction of sp³-hybridized carbons (Fsp3) is 0.500. The van der Waals surface area contributed by atoms with E-state index in [2.05, 4.69) is 33.0 Å². The molecule has 82 valence electrons. The van der Waals surface area contributed by atoms with Crippen LogP contribution in [0.4, 0.5) is 5.69 Å². The molecule has 1 aromatic rings. The lowest BCUT2D eigenvalue weighted by Crippen LogP contribution is -2.23. The summed E-state index contributed by atoms with van der Waals surface area (Å²) in [6.07, 6.45) is 5.34. The van der Waals surface area contributed by atoms with Crippen LogP contribution >= 0.6 is 27.5 Å². The molecule has 1 heterocycles. The zero-order valence-corrected chi connectivity index (χ0v) is 11.0. The molecule has 0 aromatic heterocycles. The van der Waals surface area contributed by atoms with E-state index < -0.39 is 0 Å². The minimum atomic E-state index is 0.786. The number of hydrogen-bond donors (Lipinski definition) is 0. The van der Waals surface area contributed by atoms with Crippen LogP contribution in [0.2, 0.25) is 5.02 Å². The molecule has 15 heavy (non-hydrogen) atoms. The van der Waals surface area contributed by atoms with Crippen molar-refractivity contribution in [3.63, 3.8) is 0 Å². The third-order valence-corrected chi connectivity index (χ3v) is 4.09. The van der Waals surface area contributed by atoms with Gasteiger partial charge in [-0.1, -0.05) is 24.4 Å². The number of hydrogen-bond acceptors (Lipinski definition) is 1. The molecule has 0 saturated carbocycles. The van der Waals surface area contributed by atoms with Gasteiger partial charge in [-0.2, -0.15) is 0 Å². The first-order valence-electron chi connectivity index (χ1n) is 5.47. The van der Waals surface area contributed by atoms with E-state index in [0.29, 0.717) is 0 Å². The molecule has 2 rings (SSSR count). The van der Waals surface area contributed by atoms with Crippen LogP contribution < -0.4 is 4.90 Å². The van der Waals surface area contributed by atoms with Gasteiger partial charge in [-0.3, -0.25) is 0 Å². The molecule has 0 N–H and O–H groups in total. The first-order chi connectivity index (χ1) is 7.27. The smallest absolute Gasteiger partial charge is 0.0549 e. The minimum Gasteiger partial charge on any atom is -0.372 e. The van der Waals surface area contributed by atoms with Gasteiger partial charge in [-0.25, -0.2) is 0 Å². The van der Waals surface area contributed by atoms with E-state index in [1.54, 1.807) is 0 Å². The van der Waals surface area contributed by atoms with Gasteiger partial charge < -0.3 is 4.90 Å². The maximum absolute atomic E-state index is 5.99. The average molecular weight is 289 g/mol. The molecular weight excluding hydrogens is 273 g/mol.